The predicted octanol–water partition coefficient (Wildman–Crippen LogP) is 0.499. The minimum absolute atomic E-state index is 0.0590. The van der Waals surface area contributed by atoms with Crippen molar-refractivity contribution < 1.29 is 10.2 Å². The van der Waals surface area contributed by atoms with E-state index in [2.05, 4.69) is 0 Å². The van der Waals surface area contributed by atoms with Crippen LogP contribution in [0.1, 0.15) is 51.4 Å². The van der Waals surface area contributed by atoms with E-state index in [0.29, 0.717) is 0 Å². The molecule has 0 unspecified atom stereocenters. The third-order valence-electron chi connectivity index (χ3n) is 3.70. The topological polar surface area (TPSA) is 92.5 Å². The normalized spacial score (nSPS) is 33.0. The van der Waals surface area contributed by atoms with Gasteiger partial charge in [-0.25, -0.2) is 0 Å². The third kappa shape index (κ3) is 4.37. The van der Waals surface area contributed by atoms with E-state index < -0.39 is 0 Å². The van der Waals surface area contributed by atoms with E-state index in [1.54, 1.807) is 0 Å². The SMILES string of the molecule is NC1(CO)CCCC1.N[C@@H]1CCCC[C@H]1O. The molecule has 0 spiro atoms. The van der Waals surface area contributed by atoms with Gasteiger partial charge in [-0.1, -0.05) is 25.7 Å². The standard InChI is InChI=1S/2C6H13NO/c7-6(5-8)3-1-2-4-6;7-5-3-1-2-4-6(5)8/h8H,1-5,7H2;5-6,8H,1-4,7H2/t;5-,6-/m.1/s1. The first-order valence-electron chi connectivity index (χ1n) is 6.41. The first-order valence-corrected chi connectivity index (χ1v) is 6.41. The summed E-state index contributed by atoms with van der Waals surface area (Å²) in [7, 11) is 0. The van der Waals surface area contributed by atoms with E-state index in [1.165, 1.54) is 19.3 Å². The molecule has 16 heavy (non-hydrogen) atoms. The maximum atomic E-state index is 9.05. The first kappa shape index (κ1) is 13.9. The molecule has 0 radical (unpaired) electrons. The van der Waals surface area contributed by atoms with Crippen molar-refractivity contribution >= 4 is 0 Å². The summed E-state index contributed by atoms with van der Waals surface area (Å²) in [6.07, 6.45) is 8.42. The van der Waals surface area contributed by atoms with Gasteiger partial charge in [0.05, 0.1) is 12.7 Å². The molecule has 2 saturated carbocycles. The lowest BCUT2D eigenvalue weighted by Crippen LogP contribution is -2.40. The first-order chi connectivity index (χ1) is 7.57. The Kier molecular flexibility index (Phi) is 5.69. The van der Waals surface area contributed by atoms with Crippen molar-refractivity contribution in [3.63, 3.8) is 0 Å². The summed E-state index contributed by atoms with van der Waals surface area (Å²) in [5.41, 5.74) is 11.0. The summed E-state index contributed by atoms with van der Waals surface area (Å²) < 4.78 is 0. The van der Waals surface area contributed by atoms with Gasteiger partial charge in [0.2, 0.25) is 0 Å². The van der Waals surface area contributed by atoms with E-state index in [-0.39, 0.29) is 24.3 Å². The molecular formula is C12H26N2O2. The molecule has 0 amide bonds. The maximum Gasteiger partial charge on any atom is 0.0691 e. The lowest BCUT2D eigenvalue weighted by molar-refractivity contribution is 0.108. The van der Waals surface area contributed by atoms with Crippen molar-refractivity contribution in [3.05, 3.63) is 0 Å². The minimum atomic E-state index is -0.219. The summed E-state index contributed by atoms with van der Waals surface area (Å²) in [6.45, 7) is 0.160. The van der Waals surface area contributed by atoms with Crippen LogP contribution in [0, 0.1) is 0 Å². The molecule has 2 aliphatic carbocycles. The number of hydrogen-bond donors (Lipinski definition) is 4. The highest BCUT2D eigenvalue weighted by Gasteiger charge is 2.27. The van der Waals surface area contributed by atoms with Crippen LogP contribution in [0.5, 0.6) is 0 Å². The quantitative estimate of drug-likeness (QED) is 0.528. The Morgan fingerprint density at radius 1 is 1.06 bits per heavy atom. The molecule has 0 aromatic heterocycles. The third-order valence-corrected chi connectivity index (χ3v) is 3.70. The van der Waals surface area contributed by atoms with Crippen LogP contribution in [0.15, 0.2) is 0 Å². The van der Waals surface area contributed by atoms with Gasteiger partial charge in [0, 0.05) is 11.6 Å². The fraction of sp³-hybridized carbons (Fsp3) is 1.00. The zero-order valence-electron chi connectivity index (χ0n) is 10.1. The Hall–Kier alpha value is -0.160. The van der Waals surface area contributed by atoms with Gasteiger partial charge in [-0.05, 0) is 25.7 Å². The van der Waals surface area contributed by atoms with Gasteiger partial charge in [-0.15, -0.1) is 0 Å². The Labute approximate surface area is 98.0 Å². The molecule has 0 bridgehead atoms. The lowest BCUT2D eigenvalue weighted by atomic mass is 9.94. The van der Waals surface area contributed by atoms with Crippen LogP contribution in [-0.4, -0.2) is 34.5 Å². The average molecular weight is 230 g/mol. The van der Waals surface area contributed by atoms with Crippen LogP contribution in [0.4, 0.5) is 0 Å². The molecule has 0 aliphatic heterocycles. The number of rotatable bonds is 1. The van der Waals surface area contributed by atoms with Gasteiger partial charge in [0.1, 0.15) is 0 Å². The van der Waals surface area contributed by atoms with Crippen molar-refractivity contribution in [1.29, 1.82) is 0 Å². The highest BCUT2D eigenvalue weighted by Crippen LogP contribution is 2.25. The summed E-state index contributed by atoms with van der Waals surface area (Å²) in [6, 6.07) is 0.0590. The number of nitrogens with two attached hydrogens (primary N) is 2. The molecule has 2 fully saturated rings. The highest BCUT2D eigenvalue weighted by molar-refractivity contribution is 4.87. The molecule has 2 atom stereocenters. The number of hydrogen-bond acceptors (Lipinski definition) is 4. The van der Waals surface area contributed by atoms with Crippen molar-refractivity contribution in [1.82, 2.24) is 0 Å². The monoisotopic (exact) mass is 230 g/mol. The maximum absolute atomic E-state index is 9.05. The molecule has 6 N–H and O–H groups in total. The van der Waals surface area contributed by atoms with Gasteiger partial charge in [-0.3, -0.25) is 0 Å². The zero-order valence-corrected chi connectivity index (χ0v) is 10.1. The summed E-state index contributed by atoms with van der Waals surface area (Å²) >= 11 is 0. The van der Waals surface area contributed by atoms with E-state index in [1.807, 2.05) is 0 Å². The lowest BCUT2D eigenvalue weighted by Gasteiger charge is -2.23. The molecule has 0 aromatic carbocycles. The van der Waals surface area contributed by atoms with Gasteiger partial charge in [-0.2, -0.15) is 0 Å². The average Bonchev–Trinajstić information content (AvgIpc) is 2.72. The van der Waals surface area contributed by atoms with Crippen LogP contribution in [0.25, 0.3) is 0 Å². The number of aliphatic hydroxyl groups excluding tert-OH is 2. The van der Waals surface area contributed by atoms with Crippen LogP contribution in [-0.2, 0) is 0 Å². The van der Waals surface area contributed by atoms with Crippen LogP contribution in [0.2, 0.25) is 0 Å². The second kappa shape index (κ2) is 6.55. The highest BCUT2D eigenvalue weighted by atomic mass is 16.3. The summed E-state index contributed by atoms with van der Waals surface area (Å²) in [5.74, 6) is 0. The molecule has 96 valence electrons. The predicted molar refractivity (Wildman–Crippen MR) is 64.9 cm³/mol. The van der Waals surface area contributed by atoms with Gasteiger partial charge in [0.25, 0.3) is 0 Å². The Balaban J connectivity index is 0.000000160. The van der Waals surface area contributed by atoms with Crippen LogP contribution < -0.4 is 11.5 Å². The second-order valence-corrected chi connectivity index (χ2v) is 5.24. The molecule has 2 rings (SSSR count). The smallest absolute Gasteiger partial charge is 0.0691 e. The van der Waals surface area contributed by atoms with Crippen LogP contribution in [0.3, 0.4) is 0 Å². The van der Waals surface area contributed by atoms with E-state index >= 15 is 0 Å². The molecular weight excluding hydrogens is 204 g/mol. The Morgan fingerprint density at radius 3 is 1.94 bits per heavy atom. The van der Waals surface area contributed by atoms with Gasteiger partial charge >= 0.3 is 0 Å². The Morgan fingerprint density at radius 2 is 1.62 bits per heavy atom. The van der Waals surface area contributed by atoms with Crippen LogP contribution >= 0.6 is 0 Å². The van der Waals surface area contributed by atoms with E-state index in [0.717, 1.165) is 32.1 Å². The fourth-order valence-electron chi connectivity index (χ4n) is 2.38. The van der Waals surface area contributed by atoms with E-state index in [9.17, 15) is 0 Å². The largest absolute Gasteiger partial charge is 0.394 e. The Bertz CT molecular complexity index is 183. The number of aliphatic hydroxyl groups is 2. The van der Waals surface area contributed by atoms with Crippen molar-refractivity contribution in [3.8, 4) is 0 Å². The second-order valence-electron chi connectivity index (χ2n) is 5.24. The van der Waals surface area contributed by atoms with Gasteiger partial charge < -0.3 is 21.7 Å². The van der Waals surface area contributed by atoms with Gasteiger partial charge in [0.15, 0.2) is 0 Å². The molecule has 0 heterocycles. The fourth-order valence-corrected chi connectivity index (χ4v) is 2.38. The molecule has 0 aromatic rings. The summed E-state index contributed by atoms with van der Waals surface area (Å²) in [4.78, 5) is 0. The molecule has 2 aliphatic rings. The molecule has 0 saturated heterocycles. The molecule has 4 heteroatoms. The summed E-state index contributed by atoms with van der Waals surface area (Å²) in [5, 5.41) is 17.8. The van der Waals surface area contributed by atoms with Crippen molar-refractivity contribution in [2.45, 2.75) is 69.1 Å². The van der Waals surface area contributed by atoms with Crippen molar-refractivity contribution in [2.75, 3.05) is 6.61 Å². The minimum Gasteiger partial charge on any atom is -0.394 e. The zero-order chi connectivity index (χ0) is 12.0. The van der Waals surface area contributed by atoms with E-state index in [4.69, 9.17) is 21.7 Å². The van der Waals surface area contributed by atoms with Crippen molar-refractivity contribution in [2.24, 2.45) is 11.5 Å². The molecule has 4 nitrogen and oxygen atoms in total.